The lowest BCUT2D eigenvalue weighted by atomic mass is 10.3. The summed E-state index contributed by atoms with van der Waals surface area (Å²) in [6, 6.07) is 0. The molecular formula is C7H9BrFNO. The van der Waals surface area contributed by atoms with Crippen LogP contribution in [0.25, 0.3) is 0 Å². The molecule has 0 saturated carbocycles. The van der Waals surface area contributed by atoms with Gasteiger partial charge in [-0.1, -0.05) is 6.58 Å². The van der Waals surface area contributed by atoms with E-state index in [9.17, 15) is 4.39 Å². The quantitative estimate of drug-likeness (QED) is 0.556. The second-order valence-electron chi connectivity index (χ2n) is 1.86. The van der Waals surface area contributed by atoms with Crippen molar-refractivity contribution in [2.45, 2.75) is 6.92 Å². The smallest absolute Gasteiger partial charge is 0.155 e. The Balaban J connectivity index is 4.90. The summed E-state index contributed by atoms with van der Waals surface area (Å²) in [4.78, 5) is 0. The van der Waals surface area contributed by atoms with Crippen LogP contribution in [-0.2, 0) is 0 Å². The average molecular weight is 222 g/mol. The van der Waals surface area contributed by atoms with E-state index in [1.165, 1.54) is 13.0 Å². The Morgan fingerprint density at radius 1 is 1.73 bits per heavy atom. The number of aliphatic hydroxyl groups excluding tert-OH is 1. The molecule has 0 heterocycles. The average Bonchev–Trinajstić information content (AvgIpc) is 2.00. The first kappa shape index (κ1) is 10.2. The summed E-state index contributed by atoms with van der Waals surface area (Å²) in [5, 5.41) is 9.10. The zero-order valence-corrected chi connectivity index (χ0v) is 7.65. The van der Waals surface area contributed by atoms with E-state index in [0.29, 0.717) is 0 Å². The molecule has 0 aromatic heterocycles. The van der Waals surface area contributed by atoms with E-state index in [0.717, 1.165) is 0 Å². The first-order valence-electron chi connectivity index (χ1n) is 2.84. The number of hydrogen-bond donors (Lipinski definition) is 2. The van der Waals surface area contributed by atoms with Crippen LogP contribution < -0.4 is 5.73 Å². The van der Waals surface area contributed by atoms with Gasteiger partial charge in [0, 0.05) is 0 Å². The van der Waals surface area contributed by atoms with Crippen LogP contribution in [-0.4, -0.2) is 5.11 Å². The maximum Gasteiger partial charge on any atom is 0.155 e. The van der Waals surface area contributed by atoms with Gasteiger partial charge in [-0.25, -0.2) is 4.39 Å². The van der Waals surface area contributed by atoms with Gasteiger partial charge < -0.3 is 10.8 Å². The largest absolute Gasteiger partial charge is 0.505 e. The summed E-state index contributed by atoms with van der Waals surface area (Å²) in [6.45, 7) is 4.52. The molecule has 0 bridgehead atoms. The highest BCUT2D eigenvalue weighted by Gasteiger charge is 2.06. The number of halogens is 2. The summed E-state index contributed by atoms with van der Waals surface area (Å²) in [5.74, 6) is -0.868. The molecule has 0 aliphatic heterocycles. The van der Waals surface area contributed by atoms with Crippen LogP contribution in [0.15, 0.2) is 34.4 Å². The van der Waals surface area contributed by atoms with Crippen molar-refractivity contribution >= 4 is 15.9 Å². The fraction of sp³-hybridized carbons (Fsp3) is 0.143. The second-order valence-corrected chi connectivity index (χ2v) is 2.65. The number of aliphatic hydroxyl groups is 1. The Kier molecular flexibility index (Phi) is 3.89. The molecule has 62 valence electrons. The zero-order chi connectivity index (χ0) is 9.02. The Bertz CT molecular complexity index is 229. The lowest BCUT2D eigenvalue weighted by Gasteiger charge is -2.00. The Hall–Kier alpha value is -0.770. The highest BCUT2D eigenvalue weighted by Crippen LogP contribution is 2.21. The van der Waals surface area contributed by atoms with Crippen LogP contribution in [0, 0.1) is 0 Å². The van der Waals surface area contributed by atoms with Crippen molar-refractivity contribution in [1.82, 2.24) is 0 Å². The number of rotatable bonds is 2. The van der Waals surface area contributed by atoms with Gasteiger partial charge >= 0.3 is 0 Å². The zero-order valence-electron chi connectivity index (χ0n) is 6.06. The van der Waals surface area contributed by atoms with Gasteiger partial charge in [0.2, 0.25) is 0 Å². The van der Waals surface area contributed by atoms with Crippen LogP contribution in [0.5, 0.6) is 0 Å². The van der Waals surface area contributed by atoms with Gasteiger partial charge in [-0.15, -0.1) is 0 Å². The lowest BCUT2D eigenvalue weighted by Crippen LogP contribution is -1.99. The van der Waals surface area contributed by atoms with Crippen LogP contribution in [0.1, 0.15) is 6.92 Å². The Morgan fingerprint density at radius 2 is 2.18 bits per heavy atom. The Morgan fingerprint density at radius 3 is 2.45 bits per heavy atom. The van der Waals surface area contributed by atoms with Crippen molar-refractivity contribution in [2.24, 2.45) is 5.73 Å². The third-order valence-corrected chi connectivity index (χ3v) is 1.93. The molecule has 0 spiro atoms. The van der Waals surface area contributed by atoms with Crippen molar-refractivity contribution in [3.8, 4) is 0 Å². The maximum absolute atomic E-state index is 12.4. The molecule has 2 nitrogen and oxygen atoms in total. The first-order chi connectivity index (χ1) is 5.00. The van der Waals surface area contributed by atoms with Crippen molar-refractivity contribution in [3.05, 3.63) is 34.4 Å². The van der Waals surface area contributed by atoms with Gasteiger partial charge in [-0.05, 0) is 28.9 Å². The molecule has 0 saturated heterocycles. The summed E-state index contributed by atoms with van der Waals surface area (Å²) in [6.07, 6.45) is 1.24. The summed E-state index contributed by atoms with van der Waals surface area (Å²) < 4.78 is 12.3. The van der Waals surface area contributed by atoms with E-state index in [2.05, 4.69) is 22.5 Å². The minimum absolute atomic E-state index is 0.0360. The minimum Gasteiger partial charge on any atom is -0.505 e. The molecule has 0 fully saturated rings. The van der Waals surface area contributed by atoms with Crippen molar-refractivity contribution < 1.29 is 9.50 Å². The third-order valence-electron chi connectivity index (χ3n) is 1.00. The van der Waals surface area contributed by atoms with E-state index in [1.54, 1.807) is 0 Å². The van der Waals surface area contributed by atoms with Crippen LogP contribution >= 0.6 is 15.9 Å². The molecule has 0 aromatic carbocycles. The summed E-state index contributed by atoms with van der Waals surface area (Å²) in [5.41, 5.74) is 5.27. The molecule has 4 heteroatoms. The number of nitrogens with two attached hydrogens (primary N) is 1. The van der Waals surface area contributed by atoms with Gasteiger partial charge in [0.25, 0.3) is 0 Å². The monoisotopic (exact) mass is 221 g/mol. The van der Waals surface area contributed by atoms with E-state index < -0.39 is 5.83 Å². The molecule has 3 N–H and O–H groups in total. The Labute approximate surface area is 73.0 Å². The number of allylic oxidation sites excluding steroid dienone is 3. The predicted octanol–water partition coefficient (Wildman–Crippen LogP) is 2.50. The maximum atomic E-state index is 12.4. The van der Waals surface area contributed by atoms with Crippen molar-refractivity contribution in [1.29, 1.82) is 0 Å². The molecule has 0 aromatic rings. The van der Waals surface area contributed by atoms with Crippen molar-refractivity contribution in [2.75, 3.05) is 0 Å². The SMILES string of the molecule is C=C/C(N)=C(O)\C(Br)=C(/C)F. The molecule has 0 aliphatic carbocycles. The first-order valence-corrected chi connectivity index (χ1v) is 3.63. The highest BCUT2D eigenvalue weighted by atomic mass is 79.9. The molecule has 0 aliphatic rings. The van der Waals surface area contributed by atoms with Crippen molar-refractivity contribution in [3.63, 3.8) is 0 Å². The van der Waals surface area contributed by atoms with Crippen LogP contribution in [0.4, 0.5) is 4.39 Å². The fourth-order valence-electron chi connectivity index (χ4n) is 0.387. The second kappa shape index (κ2) is 4.18. The normalized spacial score (nSPS) is 15.2. The summed E-state index contributed by atoms with van der Waals surface area (Å²) >= 11 is 2.82. The molecule has 0 atom stereocenters. The highest BCUT2D eigenvalue weighted by molar-refractivity contribution is 9.12. The predicted molar refractivity (Wildman–Crippen MR) is 46.8 cm³/mol. The molecule has 11 heavy (non-hydrogen) atoms. The van der Waals surface area contributed by atoms with E-state index >= 15 is 0 Å². The third kappa shape index (κ3) is 2.76. The molecule has 0 amide bonds. The topological polar surface area (TPSA) is 46.2 Å². The minimum atomic E-state index is -0.535. The lowest BCUT2D eigenvalue weighted by molar-refractivity contribution is 0.420. The number of hydrogen-bond acceptors (Lipinski definition) is 2. The van der Waals surface area contributed by atoms with Gasteiger partial charge in [0.15, 0.2) is 5.76 Å². The standard InChI is InChI=1S/C7H9BrFNO/c1-3-5(10)7(11)6(8)4(2)9/h3,11H,1,10H2,2H3/b6-4-,7-5-. The van der Waals surface area contributed by atoms with Crippen LogP contribution in [0.3, 0.4) is 0 Å². The molecule has 0 radical (unpaired) electrons. The van der Waals surface area contributed by atoms with E-state index in [-0.39, 0.29) is 15.9 Å². The summed E-state index contributed by atoms with van der Waals surface area (Å²) in [7, 11) is 0. The molecule has 0 unspecified atom stereocenters. The van der Waals surface area contributed by atoms with Gasteiger partial charge in [-0.3, -0.25) is 0 Å². The van der Waals surface area contributed by atoms with Crippen LogP contribution in [0.2, 0.25) is 0 Å². The van der Waals surface area contributed by atoms with Gasteiger partial charge in [0.1, 0.15) is 5.83 Å². The fourth-order valence-corrected chi connectivity index (χ4v) is 0.615. The molecule has 0 rings (SSSR count). The molecular weight excluding hydrogens is 213 g/mol. The van der Waals surface area contributed by atoms with Gasteiger partial charge in [0.05, 0.1) is 10.2 Å². The van der Waals surface area contributed by atoms with Gasteiger partial charge in [-0.2, -0.15) is 0 Å². The van der Waals surface area contributed by atoms with E-state index in [1.807, 2.05) is 0 Å². The van der Waals surface area contributed by atoms with E-state index in [4.69, 9.17) is 10.8 Å².